The van der Waals surface area contributed by atoms with E-state index in [-0.39, 0.29) is 43.4 Å². The Hall–Kier alpha value is -2.68. The molecule has 2 fully saturated rings. The molecule has 2 N–H and O–H groups in total. The van der Waals surface area contributed by atoms with Crippen LogP contribution in [0.2, 0.25) is 0 Å². The largest absolute Gasteiger partial charge is 0.442 e. The van der Waals surface area contributed by atoms with E-state index in [0.717, 1.165) is 0 Å². The molecule has 0 aliphatic carbocycles. The summed E-state index contributed by atoms with van der Waals surface area (Å²) >= 11 is 0. The Labute approximate surface area is 149 Å². The maximum atomic E-state index is 14.5. The van der Waals surface area contributed by atoms with Gasteiger partial charge in [0.2, 0.25) is 5.91 Å². The van der Waals surface area contributed by atoms with Crippen LogP contribution < -0.4 is 15.1 Å². The van der Waals surface area contributed by atoms with E-state index in [0.29, 0.717) is 12.2 Å². The molecule has 0 saturated carbocycles. The molecule has 0 bridgehead atoms. The summed E-state index contributed by atoms with van der Waals surface area (Å²) < 4.78 is 19.7. The molecule has 140 valence electrons. The number of piperidine rings is 1. The van der Waals surface area contributed by atoms with E-state index in [9.17, 15) is 23.9 Å². The molecule has 0 spiro atoms. The van der Waals surface area contributed by atoms with Crippen molar-refractivity contribution in [2.45, 2.75) is 25.6 Å². The molecular weight excluding hydrogens is 345 g/mol. The number of ether oxygens (including phenoxy) is 1. The van der Waals surface area contributed by atoms with Crippen molar-refractivity contribution in [1.82, 2.24) is 5.32 Å². The van der Waals surface area contributed by atoms with Gasteiger partial charge in [0.05, 0.1) is 31.0 Å². The third-order valence-corrected chi connectivity index (χ3v) is 4.43. The van der Waals surface area contributed by atoms with Gasteiger partial charge in [0, 0.05) is 13.5 Å². The van der Waals surface area contributed by atoms with Crippen LogP contribution in [0.25, 0.3) is 0 Å². The summed E-state index contributed by atoms with van der Waals surface area (Å²) in [6, 6.07) is 4.30. The number of cyclic esters (lactones) is 1. The van der Waals surface area contributed by atoms with Crippen LogP contribution in [0.15, 0.2) is 18.2 Å². The van der Waals surface area contributed by atoms with Crippen LogP contribution in [0.4, 0.5) is 20.6 Å². The van der Waals surface area contributed by atoms with Gasteiger partial charge in [-0.1, -0.05) is 0 Å². The van der Waals surface area contributed by atoms with E-state index in [4.69, 9.17) is 4.74 Å². The molecule has 2 aliphatic rings. The molecule has 3 rings (SSSR count). The number of amides is 2. The van der Waals surface area contributed by atoms with Crippen molar-refractivity contribution in [3.8, 4) is 0 Å². The first-order valence-corrected chi connectivity index (χ1v) is 8.33. The van der Waals surface area contributed by atoms with Crippen LogP contribution in [-0.4, -0.2) is 61.3 Å². The molecule has 0 radical (unpaired) electrons. The first-order chi connectivity index (χ1) is 12.3. The summed E-state index contributed by atoms with van der Waals surface area (Å²) in [5.74, 6) is -1.13. The highest BCUT2D eigenvalue weighted by molar-refractivity contribution is 5.91. The Morgan fingerprint density at radius 2 is 2.19 bits per heavy atom. The van der Waals surface area contributed by atoms with Gasteiger partial charge in [-0.2, -0.15) is 0 Å². The lowest BCUT2D eigenvalue weighted by molar-refractivity contribution is -0.127. The SMILES string of the molecule is CC(=O)NCC1CN(c2ccc(N3CCC(O)C(=O)C3)c(F)c2)C(=O)O1. The summed E-state index contributed by atoms with van der Waals surface area (Å²) in [6.45, 7) is 2.07. The highest BCUT2D eigenvalue weighted by Gasteiger charge is 2.33. The van der Waals surface area contributed by atoms with Gasteiger partial charge in [-0.3, -0.25) is 14.5 Å². The second-order valence-corrected chi connectivity index (χ2v) is 6.38. The van der Waals surface area contributed by atoms with Crippen LogP contribution in [0.5, 0.6) is 0 Å². The van der Waals surface area contributed by atoms with Gasteiger partial charge in [-0.15, -0.1) is 0 Å². The number of carbonyl (C=O) groups is 3. The molecule has 2 saturated heterocycles. The topological polar surface area (TPSA) is 99.2 Å². The number of aliphatic hydroxyl groups excluding tert-OH is 1. The predicted octanol–water partition coefficient (Wildman–Crippen LogP) is 0.427. The van der Waals surface area contributed by atoms with Crippen molar-refractivity contribution < 1.29 is 28.6 Å². The van der Waals surface area contributed by atoms with Gasteiger partial charge >= 0.3 is 6.09 Å². The number of rotatable bonds is 4. The molecule has 0 aromatic heterocycles. The van der Waals surface area contributed by atoms with Crippen LogP contribution in [0.3, 0.4) is 0 Å². The highest BCUT2D eigenvalue weighted by atomic mass is 19.1. The minimum atomic E-state index is -0.992. The summed E-state index contributed by atoms with van der Waals surface area (Å²) in [4.78, 5) is 37.4. The molecule has 9 heteroatoms. The van der Waals surface area contributed by atoms with E-state index >= 15 is 0 Å². The van der Waals surface area contributed by atoms with E-state index in [1.165, 1.54) is 24.0 Å². The highest BCUT2D eigenvalue weighted by Crippen LogP contribution is 2.29. The number of hydrogen-bond donors (Lipinski definition) is 2. The molecule has 2 heterocycles. The number of Topliss-reactive ketones (excluding diaryl/α,β-unsaturated/α-hetero) is 1. The maximum absolute atomic E-state index is 14.5. The molecule has 1 aromatic rings. The van der Waals surface area contributed by atoms with Gasteiger partial charge < -0.3 is 20.1 Å². The molecular formula is C17H20FN3O5. The van der Waals surface area contributed by atoms with Crippen LogP contribution in [0, 0.1) is 5.82 Å². The summed E-state index contributed by atoms with van der Waals surface area (Å²) in [5, 5.41) is 12.1. The molecule has 2 aliphatic heterocycles. The first-order valence-electron chi connectivity index (χ1n) is 8.33. The van der Waals surface area contributed by atoms with Gasteiger partial charge in [0.15, 0.2) is 5.78 Å². The zero-order valence-electron chi connectivity index (χ0n) is 14.3. The van der Waals surface area contributed by atoms with Gasteiger partial charge in [-0.25, -0.2) is 9.18 Å². The van der Waals surface area contributed by atoms with Crippen molar-refractivity contribution in [3.05, 3.63) is 24.0 Å². The number of benzene rings is 1. The van der Waals surface area contributed by atoms with Crippen LogP contribution in [-0.2, 0) is 14.3 Å². The lowest BCUT2D eigenvalue weighted by atomic mass is 10.1. The smallest absolute Gasteiger partial charge is 0.414 e. The fourth-order valence-electron chi connectivity index (χ4n) is 3.03. The molecule has 1 aromatic carbocycles. The summed E-state index contributed by atoms with van der Waals surface area (Å²) in [7, 11) is 0. The lowest BCUT2D eigenvalue weighted by Gasteiger charge is -2.30. The number of halogens is 1. The van der Waals surface area contributed by atoms with Crippen LogP contribution in [0.1, 0.15) is 13.3 Å². The van der Waals surface area contributed by atoms with Crippen molar-refractivity contribution in [3.63, 3.8) is 0 Å². The molecule has 8 nitrogen and oxygen atoms in total. The molecule has 2 amide bonds. The van der Waals surface area contributed by atoms with E-state index in [1.807, 2.05) is 0 Å². The monoisotopic (exact) mass is 365 g/mol. The molecule has 2 unspecified atom stereocenters. The first kappa shape index (κ1) is 18.1. The molecule has 26 heavy (non-hydrogen) atoms. The Kier molecular flexibility index (Phi) is 5.08. The van der Waals surface area contributed by atoms with E-state index in [2.05, 4.69) is 5.32 Å². The Morgan fingerprint density at radius 3 is 2.85 bits per heavy atom. The maximum Gasteiger partial charge on any atom is 0.414 e. The van der Waals surface area contributed by atoms with Crippen molar-refractivity contribution in [1.29, 1.82) is 0 Å². The Morgan fingerprint density at radius 1 is 1.42 bits per heavy atom. The second-order valence-electron chi connectivity index (χ2n) is 6.38. The quantitative estimate of drug-likeness (QED) is 0.803. The van der Waals surface area contributed by atoms with Crippen molar-refractivity contribution >= 4 is 29.2 Å². The standard InChI is InChI=1S/C17H20FN3O5/c1-10(22)19-7-12-8-21(17(25)26-12)11-2-3-14(13(18)6-11)20-5-4-15(23)16(24)9-20/h2-3,6,12,15,23H,4-5,7-9H2,1H3,(H,19,22). The third kappa shape index (κ3) is 3.77. The number of nitrogens with one attached hydrogen (secondary N) is 1. The molecule has 2 atom stereocenters. The van der Waals surface area contributed by atoms with Gasteiger partial charge in [0.25, 0.3) is 0 Å². The Balaban J connectivity index is 1.70. The number of ketones is 1. The minimum Gasteiger partial charge on any atom is -0.442 e. The fourth-order valence-corrected chi connectivity index (χ4v) is 3.03. The van der Waals surface area contributed by atoms with Crippen LogP contribution >= 0.6 is 0 Å². The number of aliphatic hydroxyl groups is 1. The summed E-state index contributed by atoms with van der Waals surface area (Å²) in [6.07, 6.45) is -1.85. The van der Waals surface area contributed by atoms with Gasteiger partial charge in [-0.05, 0) is 24.6 Å². The van der Waals surface area contributed by atoms with E-state index < -0.39 is 24.1 Å². The normalized spacial score (nSPS) is 23.2. The van der Waals surface area contributed by atoms with E-state index in [1.54, 1.807) is 11.0 Å². The Bertz CT molecular complexity index is 741. The summed E-state index contributed by atoms with van der Waals surface area (Å²) in [5.41, 5.74) is 0.585. The number of carbonyl (C=O) groups excluding carboxylic acids is 3. The third-order valence-electron chi connectivity index (χ3n) is 4.43. The number of hydrogen-bond acceptors (Lipinski definition) is 6. The fraction of sp³-hybridized carbons (Fsp3) is 0.471. The van der Waals surface area contributed by atoms with Crippen molar-refractivity contribution in [2.24, 2.45) is 0 Å². The predicted molar refractivity (Wildman–Crippen MR) is 90.5 cm³/mol. The zero-order chi connectivity index (χ0) is 18.8. The second kappa shape index (κ2) is 7.28. The number of anilines is 2. The lowest BCUT2D eigenvalue weighted by Crippen LogP contribution is -2.44. The minimum absolute atomic E-state index is 0.0536. The van der Waals surface area contributed by atoms with Crippen molar-refractivity contribution in [2.75, 3.05) is 36.0 Å². The zero-order valence-corrected chi connectivity index (χ0v) is 14.3. The average Bonchev–Trinajstić information content (AvgIpc) is 2.96. The van der Waals surface area contributed by atoms with Gasteiger partial charge in [0.1, 0.15) is 18.0 Å². The number of nitrogens with zero attached hydrogens (tertiary/aromatic N) is 2. The average molecular weight is 365 g/mol.